The second-order valence-electron chi connectivity index (χ2n) is 6.74. The number of hydrogen-bond acceptors (Lipinski definition) is 6. The van der Waals surface area contributed by atoms with E-state index in [4.69, 9.17) is 0 Å². The molecule has 9 nitrogen and oxygen atoms in total. The first-order valence-corrected chi connectivity index (χ1v) is 12.1. The number of rotatable bonds is 7. The SMILES string of the molecule is CCCS(=O)(=O)N1CCc2ccc(NS(=O)(=O)c3cccc([N+](=O)[O-])c3)cc2C1. The minimum atomic E-state index is -4.03. The van der Waals surface area contributed by atoms with Crippen molar-refractivity contribution >= 4 is 31.4 Å². The molecular formula is C18H21N3O6S2. The van der Waals surface area contributed by atoms with Gasteiger partial charge in [0.2, 0.25) is 10.0 Å². The molecule has 0 saturated carbocycles. The highest BCUT2D eigenvalue weighted by Crippen LogP contribution is 2.26. The van der Waals surface area contributed by atoms with E-state index in [1.54, 1.807) is 25.1 Å². The molecule has 2 aromatic carbocycles. The van der Waals surface area contributed by atoms with E-state index >= 15 is 0 Å². The molecule has 0 radical (unpaired) electrons. The number of nitro groups is 1. The van der Waals surface area contributed by atoms with Crippen LogP contribution in [0, 0.1) is 10.1 Å². The Labute approximate surface area is 169 Å². The van der Waals surface area contributed by atoms with E-state index in [1.165, 1.54) is 22.5 Å². The number of benzene rings is 2. The molecule has 0 aliphatic carbocycles. The summed E-state index contributed by atoms with van der Waals surface area (Å²) in [6.45, 7) is 2.38. The average Bonchev–Trinajstić information content (AvgIpc) is 2.67. The van der Waals surface area contributed by atoms with Crippen molar-refractivity contribution in [3.8, 4) is 0 Å². The van der Waals surface area contributed by atoms with E-state index in [9.17, 15) is 26.9 Å². The highest BCUT2D eigenvalue weighted by atomic mass is 32.2. The monoisotopic (exact) mass is 439 g/mol. The summed E-state index contributed by atoms with van der Waals surface area (Å²) in [6, 6.07) is 9.75. The molecule has 0 saturated heterocycles. The van der Waals surface area contributed by atoms with Gasteiger partial charge in [0.05, 0.1) is 15.6 Å². The Hall–Kier alpha value is -2.50. The maximum atomic E-state index is 12.6. The largest absolute Gasteiger partial charge is 0.280 e. The summed E-state index contributed by atoms with van der Waals surface area (Å²) in [6.07, 6.45) is 1.07. The molecule has 0 unspecified atom stereocenters. The Morgan fingerprint density at radius 3 is 2.55 bits per heavy atom. The van der Waals surface area contributed by atoms with Gasteiger partial charge in [-0.2, -0.15) is 4.31 Å². The second kappa shape index (κ2) is 8.09. The van der Waals surface area contributed by atoms with Crippen molar-refractivity contribution in [2.75, 3.05) is 17.0 Å². The van der Waals surface area contributed by atoms with E-state index < -0.39 is 25.0 Å². The molecular weight excluding hydrogens is 418 g/mol. The summed E-state index contributed by atoms with van der Waals surface area (Å²) in [4.78, 5) is 10.0. The lowest BCUT2D eigenvalue weighted by molar-refractivity contribution is -0.385. The lowest BCUT2D eigenvalue weighted by atomic mass is 10.0. The molecule has 1 aliphatic rings. The fourth-order valence-corrected chi connectivity index (χ4v) is 5.77. The summed E-state index contributed by atoms with van der Waals surface area (Å²) >= 11 is 0. The Balaban J connectivity index is 1.85. The lowest BCUT2D eigenvalue weighted by Crippen LogP contribution is -2.37. The number of sulfonamides is 2. The molecule has 1 heterocycles. The van der Waals surface area contributed by atoms with E-state index in [0.29, 0.717) is 19.4 Å². The minimum absolute atomic E-state index is 0.0709. The quantitative estimate of drug-likeness (QED) is 0.522. The first-order chi connectivity index (χ1) is 13.6. The number of nitro benzene ring substituents is 1. The zero-order valence-electron chi connectivity index (χ0n) is 15.7. The Bertz CT molecular complexity index is 1150. The third-order valence-corrected chi connectivity index (χ3v) is 8.03. The van der Waals surface area contributed by atoms with Gasteiger partial charge in [0.25, 0.3) is 15.7 Å². The van der Waals surface area contributed by atoms with Crippen LogP contribution in [0.25, 0.3) is 0 Å². The van der Waals surface area contributed by atoms with Crippen molar-refractivity contribution in [2.24, 2.45) is 0 Å². The summed E-state index contributed by atoms with van der Waals surface area (Å²) in [5.41, 5.74) is 1.64. The maximum absolute atomic E-state index is 12.6. The van der Waals surface area contributed by atoms with Crippen LogP contribution in [0.5, 0.6) is 0 Å². The van der Waals surface area contributed by atoms with Crippen LogP contribution in [0.4, 0.5) is 11.4 Å². The molecule has 0 amide bonds. The normalized spacial score (nSPS) is 14.9. The smallest absolute Gasteiger partial charge is 0.270 e. The van der Waals surface area contributed by atoms with Gasteiger partial charge in [0.15, 0.2) is 0 Å². The second-order valence-corrected chi connectivity index (χ2v) is 10.5. The molecule has 0 aromatic heterocycles. The number of non-ortho nitro benzene ring substituents is 1. The molecule has 1 aliphatic heterocycles. The average molecular weight is 440 g/mol. The molecule has 29 heavy (non-hydrogen) atoms. The Morgan fingerprint density at radius 2 is 1.86 bits per heavy atom. The van der Waals surface area contributed by atoms with Crippen LogP contribution in [-0.2, 0) is 33.0 Å². The van der Waals surface area contributed by atoms with Crippen LogP contribution in [0.2, 0.25) is 0 Å². The highest BCUT2D eigenvalue weighted by Gasteiger charge is 2.26. The van der Waals surface area contributed by atoms with Crippen LogP contribution >= 0.6 is 0 Å². The molecule has 0 atom stereocenters. The number of hydrogen-bond donors (Lipinski definition) is 1. The first-order valence-electron chi connectivity index (χ1n) is 8.99. The molecule has 3 rings (SSSR count). The standard InChI is InChI=1S/C18H21N3O6S2/c1-2-10-28(24,25)20-9-8-14-6-7-16(11-15(14)13-20)19-29(26,27)18-5-3-4-17(12-18)21(22)23/h3-7,11-12,19H,2,8-10,13H2,1H3. The van der Waals surface area contributed by atoms with E-state index in [2.05, 4.69) is 4.72 Å². The van der Waals surface area contributed by atoms with Gasteiger partial charge < -0.3 is 0 Å². The third kappa shape index (κ3) is 4.74. The van der Waals surface area contributed by atoms with Crippen molar-refractivity contribution in [1.29, 1.82) is 0 Å². The van der Waals surface area contributed by atoms with Crippen molar-refractivity contribution in [1.82, 2.24) is 4.31 Å². The molecule has 0 fully saturated rings. The maximum Gasteiger partial charge on any atom is 0.270 e. The fraction of sp³-hybridized carbons (Fsp3) is 0.333. The topological polar surface area (TPSA) is 127 Å². The molecule has 11 heteroatoms. The predicted molar refractivity (Wildman–Crippen MR) is 109 cm³/mol. The van der Waals surface area contributed by atoms with Crippen LogP contribution in [0.15, 0.2) is 47.4 Å². The molecule has 156 valence electrons. The summed E-state index contributed by atoms with van der Waals surface area (Å²) in [5.74, 6) is 0.0709. The van der Waals surface area contributed by atoms with Gasteiger partial charge in [0, 0.05) is 30.9 Å². The van der Waals surface area contributed by atoms with Gasteiger partial charge in [0.1, 0.15) is 0 Å². The van der Waals surface area contributed by atoms with Crippen LogP contribution in [0.1, 0.15) is 24.5 Å². The van der Waals surface area contributed by atoms with Gasteiger partial charge in [-0.25, -0.2) is 16.8 Å². The van der Waals surface area contributed by atoms with Gasteiger partial charge >= 0.3 is 0 Å². The first kappa shape index (κ1) is 21.2. The fourth-order valence-electron chi connectivity index (χ4n) is 3.20. The third-order valence-electron chi connectivity index (χ3n) is 4.63. The van der Waals surface area contributed by atoms with Crippen molar-refractivity contribution < 1.29 is 21.8 Å². The molecule has 0 bridgehead atoms. The number of anilines is 1. The van der Waals surface area contributed by atoms with Crippen molar-refractivity contribution in [3.05, 3.63) is 63.7 Å². The van der Waals surface area contributed by atoms with E-state index in [-0.39, 0.29) is 28.6 Å². The number of fused-ring (bicyclic) bond motifs is 1. The Morgan fingerprint density at radius 1 is 1.10 bits per heavy atom. The predicted octanol–water partition coefficient (Wildman–Crippen LogP) is 2.49. The highest BCUT2D eigenvalue weighted by molar-refractivity contribution is 7.92. The zero-order chi connectivity index (χ0) is 21.2. The summed E-state index contributed by atoms with van der Waals surface area (Å²) in [7, 11) is -7.38. The zero-order valence-corrected chi connectivity index (χ0v) is 17.4. The van der Waals surface area contributed by atoms with Crippen molar-refractivity contribution in [3.63, 3.8) is 0 Å². The van der Waals surface area contributed by atoms with E-state index in [0.717, 1.165) is 17.2 Å². The van der Waals surface area contributed by atoms with Crippen molar-refractivity contribution in [2.45, 2.75) is 31.2 Å². The summed E-state index contributed by atoms with van der Waals surface area (Å²) in [5, 5.41) is 10.9. The number of nitrogens with zero attached hydrogens (tertiary/aromatic N) is 2. The van der Waals surface area contributed by atoms with Crippen LogP contribution in [-0.4, -0.2) is 38.4 Å². The molecule has 1 N–H and O–H groups in total. The van der Waals surface area contributed by atoms with Gasteiger partial charge in [-0.1, -0.05) is 19.1 Å². The van der Waals surface area contributed by atoms with Gasteiger partial charge in [-0.15, -0.1) is 0 Å². The van der Waals surface area contributed by atoms with Gasteiger partial charge in [-0.05, 0) is 42.2 Å². The molecule has 2 aromatic rings. The van der Waals surface area contributed by atoms with Crippen LogP contribution in [0.3, 0.4) is 0 Å². The minimum Gasteiger partial charge on any atom is -0.280 e. The van der Waals surface area contributed by atoms with E-state index in [1.807, 2.05) is 0 Å². The molecule has 0 spiro atoms. The lowest BCUT2D eigenvalue weighted by Gasteiger charge is -2.28. The summed E-state index contributed by atoms with van der Waals surface area (Å²) < 4.78 is 53.7. The van der Waals surface area contributed by atoms with Crippen LogP contribution < -0.4 is 4.72 Å². The number of nitrogens with one attached hydrogen (secondary N) is 1. The Kier molecular flexibility index (Phi) is 5.92. The van der Waals surface area contributed by atoms with Gasteiger partial charge in [-0.3, -0.25) is 14.8 Å².